The minimum atomic E-state index is -0.766. The van der Waals surface area contributed by atoms with E-state index in [0.717, 1.165) is 11.6 Å². The number of nitrogens with two attached hydrogens (primary N) is 1. The molecule has 4 rings (SSSR count). The van der Waals surface area contributed by atoms with Crippen molar-refractivity contribution in [3.05, 3.63) is 65.0 Å². The number of rotatable bonds is 3. The molecule has 1 aliphatic rings. The van der Waals surface area contributed by atoms with Crippen molar-refractivity contribution in [3.8, 4) is 0 Å². The number of hydrogen-bond donors (Lipinski definition) is 3. The van der Waals surface area contributed by atoms with Gasteiger partial charge in [-0.15, -0.1) is 0 Å². The lowest BCUT2D eigenvalue weighted by atomic mass is 9.98. The van der Waals surface area contributed by atoms with Gasteiger partial charge < -0.3 is 11.1 Å². The van der Waals surface area contributed by atoms with E-state index in [9.17, 15) is 13.6 Å². The highest BCUT2D eigenvalue weighted by Gasteiger charge is 2.22. The molecule has 4 N–H and O–H groups in total. The SMILES string of the molecule is CNC=C1C=C(F)C(c2c[nH]n3c2nc2cc(F)cc(C(N)=O)c23)=CC1. The van der Waals surface area contributed by atoms with Crippen LogP contribution in [0.25, 0.3) is 22.3 Å². The largest absolute Gasteiger partial charge is 0.394 e. The molecule has 0 saturated heterocycles. The minimum absolute atomic E-state index is 0.00813. The van der Waals surface area contributed by atoms with Crippen LogP contribution < -0.4 is 11.1 Å². The first-order valence-corrected chi connectivity index (χ1v) is 7.93. The molecule has 1 amide bonds. The number of carbonyl (C=O) groups excluding carboxylic acids is 1. The highest BCUT2D eigenvalue weighted by molar-refractivity contribution is 6.05. The summed E-state index contributed by atoms with van der Waals surface area (Å²) in [5.74, 6) is -1.77. The first kappa shape index (κ1) is 16.1. The van der Waals surface area contributed by atoms with Crippen LogP contribution in [0.15, 0.2) is 48.1 Å². The van der Waals surface area contributed by atoms with Crippen molar-refractivity contribution in [2.24, 2.45) is 5.73 Å². The summed E-state index contributed by atoms with van der Waals surface area (Å²) in [7, 11) is 1.75. The summed E-state index contributed by atoms with van der Waals surface area (Å²) >= 11 is 0. The van der Waals surface area contributed by atoms with Gasteiger partial charge >= 0.3 is 0 Å². The molecule has 0 fully saturated rings. The van der Waals surface area contributed by atoms with Crippen LogP contribution in [0.1, 0.15) is 22.3 Å². The highest BCUT2D eigenvalue weighted by Crippen LogP contribution is 2.34. The zero-order valence-electron chi connectivity index (χ0n) is 13.8. The Balaban J connectivity index is 1.92. The van der Waals surface area contributed by atoms with E-state index in [1.54, 1.807) is 25.5 Å². The number of fused-ring (bicyclic) bond motifs is 3. The molecule has 0 spiro atoms. The predicted molar refractivity (Wildman–Crippen MR) is 94.5 cm³/mol. The van der Waals surface area contributed by atoms with Gasteiger partial charge in [-0.2, -0.15) is 0 Å². The molecule has 132 valence electrons. The molecule has 1 aromatic carbocycles. The normalized spacial score (nSPS) is 16.2. The molecule has 0 unspecified atom stereocenters. The van der Waals surface area contributed by atoms with Gasteiger partial charge in [-0.1, -0.05) is 6.08 Å². The number of primary amides is 1. The van der Waals surface area contributed by atoms with E-state index in [1.807, 2.05) is 0 Å². The van der Waals surface area contributed by atoms with Gasteiger partial charge in [0.15, 0.2) is 5.65 Å². The Morgan fingerprint density at radius 2 is 2.23 bits per heavy atom. The summed E-state index contributed by atoms with van der Waals surface area (Å²) in [5, 5.41) is 5.81. The van der Waals surface area contributed by atoms with Gasteiger partial charge in [0.1, 0.15) is 17.2 Å². The molecule has 2 heterocycles. The molecule has 0 radical (unpaired) electrons. The van der Waals surface area contributed by atoms with Gasteiger partial charge in [0.25, 0.3) is 5.91 Å². The number of amides is 1. The van der Waals surface area contributed by atoms with Crippen LogP contribution in [0.2, 0.25) is 0 Å². The maximum absolute atomic E-state index is 14.6. The lowest BCUT2D eigenvalue weighted by Gasteiger charge is -2.10. The van der Waals surface area contributed by atoms with E-state index in [1.165, 1.54) is 16.7 Å². The van der Waals surface area contributed by atoms with E-state index < -0.39 is 17.6 Å². The Morgan fingerprint density at radius 3 is 2.92 bits per heavy atom. The lowest BCUT2D eigenvalue weighted by Crippen LogP contribution is -2.12. The Morgan fingerprint density at radius 1 is 1.42 bits per heavy atom. The number of hydrogen-bond acceptors (Lipinski definition) is 3. The minimum Gasteiger partial charge on any atom is -0.394 e. The number of imidazole rings is 1. The maximum Gasteiger partial charge on any atom is 0.251 e. The van der Waals surface area contributed by atoms with Crippen molar-refractivity contribution in [2.45, 2.75) is 6.42 Å². The summed E-state index contributed by atoms with van der Waals surface area (Å²) < 4.78 is 29.9. The zero-order chi connectivity index (χ0) is 18.4. The summed E-state index contributed by atoms with van der Waals surface area (Å²) in [5.41, 5.74) is 8.11. The summed E-state index contributed by atoms with van der Waals surface area (Å²) in [4.78, 5) is 16.0. The second kappa shape index (κ2) is 5.83. The number of H-pyrrole nitrogens is 1. The Kier molecular flexibility index (Phi) is 3.61. The van der Waals surface area contributed by atoms with Crippen molar-refractivity contribution >= 4 is 28.2 Å². The molecule has 6 nitrogen and oxygen atoms in total. The maximum atomic E-state index is 14.6. The molecule has 2 aromatic heterocycles. The number of nitrogens with one attached hydrogen (secondary N) is 2. The number of halogens is 2. The predicted octanol–water partition coefficient (Wildman–Crippen LogP) is 2.80. The third-order valence-corrected chi connectivity index (χ3v) is 4.29. The molecule has 0 aliphatic heterocycles. The van der Waals surface area contributed by atoms with Crippen molar-refractivity contribution in [2.75, 3.05) is 7.05 Å². The lowest BCUT2D eigenvalue weighted by molar-refractivity contribution is 0.100. The Bertz CT molecular complexity index is 1150. The van der Waals surface area contributed by atoms with Gasteiger partial charge in [0.2, 0.25) is 0 Å². The number of aromatic nitrogens is 3. The van der Waals surface area contributed by atoms with Gasteiger partial charge in [0, 0.05) is 30.4 Å². The smallest absolute Gasteiger partial charge is 0.251 e. The van der Waals surface area contributed by atoms with Crippen LogP contribution in [-0.2, 0) is 0 Å². The molecular weight excluding hydrogens is 340 g/mol. The second-order valence-electron chi connectivity index (χ2n) is 5.97. The number of carbonyl (C=O) groups is 1. The van der Waals surface area contributed by atoms with Crippen molar-refractivity contribution in [1.82, 2.24) is 19.9 Å². The van der Waals surface area contributed by atoms with Crippen LogP contribution >= 0.6 is 0 Å². The third-order valence-electron chi connectivity index (χ3n) is 4.29. The molecule has 0 atom stereocenters. The van der Waals surface area contributed by atoms with Crippen molar-refractivity contribution < 1.29 is 13.6 Å². The van der Waals surface area contributed by atoms with E-state index in [4.69, 9.17) is 5.73 Å². The molecule has 8 heteroatoms. The number of benzene rings is 1. The standard InChI is InChI=1S/C18H15F2N5O/c1-22-7-9-2-3-11(14(20)4-9)13-8-23-25-16-12(17(21)26)5-10(19)6-15(16)24-18(13)25/h3-8,22-23H,2H2,1H3,(H2,21,26). The third kappa shape index (κ3) is 2.38. The molecule has 0 bridgehead atoms. The van der Waals surface area contributed by atoms with Crippen LogP contribution in [0.4, 0.5) is 8.78 Å². The van der Waals surface area contributed by atoms with E-state index in [-0.39, 0.29) is 11.1 Å². The molecule has 0 saturated carbocycles. The van der Waals surface area contributed by atoms with E-state index in [0.29, 0.717) is 28.7 Å². The van der Waals surface area contributed by atoms with Gasteiger partial charge in [-0.05, 0) is 30.3 Å². The fourth-order valence-electron chi connectivity index (χ4n) is 3.20. The fraction of sp³-hybridized carbons (Fsp3) is 0.111. The number of allylic oxidation sites excluding steroid dienone is 5. The average molecular weight is 355 g/mol. The topological polar surface area (TPSA) is 88.2 Å². The van der Waals surface area contributed by atoms with E-state index in [2.05, 4.69) is 15.4 Å². The van der Waals surface area contributed by atoms with Gasteiger partial charge in [-0.25, -0.2) is 18.3 Å². The molecule has 26 heavy (non-hydrogen) atoms. The molecule has 3 aromatic rings. The Labute approximate surface area is 146 Å². The summed E-state index contributed by atoms with van der Waals surface area (Å²) in [6, 6.07) is 2.27. The first-order valence-electron chi connectivity index (χ1n) is 7.93. The van der Waals surface area contributed by atoms with Gasteiger partial charge in [0.05, 0.1) is 11.1 Å². The number of nitrogens with zero attached hydrogens (tertiary/aromatic N) is 2. The fourth-order valence-corrected chi connectivity index (χ4v) is 3.20. The monoisotopic (exact) mass is 355 g/mol. The summed E-state index contributed by atoms with van der Waals surface area (Å²) in [6.07, 6.45) is 7.10. The van der Waals surface area contributed by atoms with E-state index >= 15 is 0 Å². The highest BCUT2D eigenvalue weighted by atomic mass is 19.1. The zero-order valence-corrected chi connectivity index (χ0v) is 13.8. The van der Waals surface area contributed by atoms with Crippen LogP contribution in [0.3, 0.4) is 0 Å². The van der Waals surface area contributed by atoms with Gasteiger partial charge in [-0.3, -0.25) is 9.89 Å². The molecule has 1 aliphatic carbocycles. The van der Waals surface area contributed by atoms with Crippen molar-refractivity contribution in [1.29, 1.82) is 0 Å². The van der Waals surface area contributed by atoms with Crippen molar-refractivity contribution in [3.63, 3.8) is 0 Å². The molecular formula is C18H15F2N5O. The summed E-state index contributed by atoms with van der Waals surface area (Å²) in [6.45, 7) is 0. The Hall–Kier alpha value is -3.42. The van der Waals surface area contributed by atoms with Crippen LogP contribution in [0.5, 0.6) is 0 Å². The first-order chi connectivity index (χ1) is 12.5. The van der Waals surface area contributed by atoms with Crippen LogP contribution in [-0.4, -0.2) is 27.6 Å². The number of aromatic amines is 1. The average Bonchev–Trinajstić information content (AvgIpc) is 3.13. The second-order valence-corrected chi connectivity index (χ2v) is 5.97. The van der Waals surface area contributed by atoms with Crippen LogP contribution in [0, 0.1) is 5.82 Å². The quantitative estimate of drug-likeness (QED) is 0.675.